The summed E-state index contributed by atoms with van der Waals surface area (Å²) >= 11 is 0. The smallest absolute Gasteiger partial charge is 0.0468 e. The Morgan fingerprint density at radius 1 is 0.464 bits per heavy atom. The van der Waals surface area contributed by atoms with Gasteiger partial charge in [0.1, 0.15) is 0 Å². The topological polar surface area (TPSA) is 3.24 Å². The number of hydrogen-bond donors (Lipinski definition) is 0. The lowest BCUT2D eigenvalue weighted by Gasteiger charge is -2.32. The number of hydrogen-bond acceptors (Lipinski definition) is 1. The molecule has 0 heterocycles. The van der Waals surface area contributed by atoms with Gasteiger partial charge in [-0.2, -0.15) is 0 Å². The Bertz CT molecular complexity index is 2710. The van der Waals surface area contributed by atoms with E-state index < -0.39 is 0 Å². The predicted octanol–water partition coefficient (Wildman–Crippen LogP) is 16.0. The van der Waals surface area contributed by atoms with Crippen LogP contribution in [-0.2, 0) is 0 Å². The lowest BCUT2D eigenvalue weighted by molar-refractivity contribution is 1.04. The van der Waals surface area contributed by atoms with Crippen molar-refractivity contribution >= 4 is 49.8 Å². The molecule has 0 saturated carbocycles. The van der Waals surface area contributed by atoms with Gasteiger partial charge in [-0.15, -0.1) is 0 Å². The van der Waals surface area contributed by atoms with Crippen molar-refractivity contribution < 1.29 is 0 Å². The Balaban J connectivity index is 0.000000161. The second-order valence-corrected chi connectivity index (χ2v) is 14.6. The molecule has 2 aliphatic carbocycles. The Morgan fingerprint density at radius 3 is 1.88 bits per heavy atom. The van der Waals surface area contributed by atoms with Crippen molar-refractivity contribution in [2.45, 2.75) is 47.5 Å². The van der Waals surface area contributed by atoms with Gasteiger partial charge in [0.05, 0.1) is 0 Å². The molecular weight excluding hydrogens is 675 g/mol. The van der Waals surface area contributed by atoms with Gasteiger partial charge in [0.2, 0.25) is 0 Å². The van der Waals surface area contributed by atoms with Crippen molar-refractivity contribution in [2.75, 3.05) is 4.90 Å². The second-order valence-electron chi connectivity index (χ2n) is 14.6. The number of rotatable bonds is 5. The fraction of sp³-hybridized carbons (Fsp3) is 0.127. The van der Waals surface area contributed by atoms with Crippen LogP contribution in [0.15, 0.2) is 182 Å². The third kappa shape index (κ3) is 6.98. The van der Waals surface area contributed by atoms with Crippen LogP contribution >= 0.6 is 0 Å². The molecule has 0 N–H and O–H groups in total. The van der Waals surface area contributed by atoms with Gasteiger partial charge in [-0.25, -0.2) is 0 Å². The van der Waals surface area contributed by atoms with Crippen LogP contribution in [0.5, 0.6) is 0 Å². The van der Waals surface area contributed by atoms with E-state index in [-0.39, 0.29) is 0 Å². The molecule has 0 aliphatic heterocycles. The van der Waals surface area contributed by atoms with Gasteiger partial charge in [0.25, 0.3) is 0 Å². The highest BCUT2D eigenvalue weighted by Crippen LogP contribution is 2.48. The molecule has 56 heavy (non-hydrogen) atoms. The minimum atomic E-state index is 1.14. The average molecular weight is 724 g/mol. The maximum Gasteiger partial charge on any atom is 0.0468 e. The number of nitrogens with zero attached hydrogens (tertiary/aromatic N) is 1. The largest absolute Gasteiger partial charge is 0.310 e. The quantitative estimate of drug-likeness (QED) is 0.171. The molecule has 1 nitrogen and oxygen atoms in total. The molecule has 1 heteroatoms. The van der Waals surface area contributed by atoms with Gasteiger partial charge < -0.3 is 4.90 Å². The predicted molar refractivity (Wildman–Crippen MR) is 244 cm³/mol. The zero-order valence-electron chi connectivity index (χ0n) is 33.2. The van der Waals surface area contributed by atoms with Crippen molar-refractivity contribution in [2.24, 2.45) is 0 Å². The molecule has 8 aromatic carbocycles. The van der Waals surface area contributed by atoms with Crippen LogP contribution < -0.4 is 4.90 Å². The van der Waals surface area contributed by atoms with Crippen LogP contribution in [0.1, 0.15) is 54.5 Å². The van der Waals surface area contributed by atoms with Crippen LogP contribution in [0.3, 0.4) is 0 Å². The van der Waals surface area contributed by atoms with Crippen LogP contribution in [0.2, 0.25) is 0 Å². The highest BCUT2D eigenvalue weighted by Gasteiger charge is 2.26. The SMILES string of the molecule is CC.Cc1ccc(N(c2ccc(-c3ccccc3)cc2)c2ccc3c(c2)C2=C3C=CCC2)cc1.Cc1ccc2ccccc2c1-c1cccc2cccc(C)c12. The molecule has 0 spiro atoms. The first kappa shape index (κ1) is 36.5. The highest BCUT2D eigenvalue weighted by molar-refractivity contribution is 6.10. The van der Waals surface area contributed by atoms with E-state index in [1.165, 1.54) is 99.8 Å². The first-order valence-electron chi connectivity index (χ1n) is 20.1. The molecule has 0 radical (unpaired) electrons. The maximum atomic E-state index is 2.37. The molecular formula is C55H49N. The van der Waals surface area contributed by atoms with Crippen LogP contribution in [0.4, 0.5) is 17.1 Å². The van der Waals surface area contributed by atoms with Gasteiger partial charge in [0.15, 0.2) is 0 Å². The van der Waals surface area contributed by atoms with Crippen molar-refractivity contribution in [1.29, 1.82) is 0 Å². The minimum Gasteiger partial charge on any atom is -0.310 e. The lowest BCUT2D eigenvalue weighted by Crippen LogP contribution is -2.13. The summed E-state index contributed by atoms with van der Waals surface area (Å²) in [5.74, 6) is 0. The summed E-state index contributed by atoms with van der Waals surface area (Å²) < 4.78 is 0. The number of aryl methyl sites for hydroxylation is 3. The molecule has 8 aromatic rings. The summed E-state index contributed by atoms with van der Waals surface area (Å²) in [5, 5.41) is 5.31. The highest BCUT2D eigenvalue weighted by atomic mass is 15.1. The molecule has 0 fully saturated rings. The van der Waals surface area contributed by atoms with Crippen molar-refractivity contribution in [1.82, 2.24) is 0 Å². The maximum absolute atomic E-state index is 2.37. The van der Waals surface area contributed by atoms with Gasteiger partial charge in [-0.05, 0) is 147 Å². The zero-order chi connectivity index (χ0) is 38.6. The van der Waals surface area contributed by atoms with Gasteiger partial charge in [0, 0.05) is 17.1 Å². The number of benzene rings is 8. The van der Waals surface area contributed by atoms with E-state index in [0.29, 0.717) is 0 Å². The van der Waals surface area contributed by atoms with Crippen LogP contribution in [0, 0.1) is 20.8 Å². The Labute approximate surface area is 332 Å². The molecule has 0 bridgehead atoms. The summed E-state index contributed by atoms with van der Waals surface area (Å²) in [6.45, 7) is 10.5. The van der Waals surface area contributed by atoms with Crippen molar-refractivity contribution in [3.05, 3.63) is 210 Å². The van der Waals surface area contributed by atoms with E-state index in [2.05, 4.69) is 208 Å². The van der Waals surface area contributed by atoms with E-state index in [1.54, 1.807) is 0 Å². The van der Waals surface area contributed by atoms with E-state index in [9.17, 15) is 0 Å². The van der Waals surface area contributed by atoms with E-state index in [4.69, 9.17) is 0 Å². The second kappa shape index (κ2) is 16.1. The zero-order valence-corrected chi connectivity index (χ0v) is 33.2. The first-order chi connectivity index (χ1) is 27.5. The van der Waals surface area contributed by atoms with Crippen LogP contribution in [-0.4, -0.2) is 0 Å². The van der Waals surface area contributed by atoms with E-state index >= 15 is 0 Å². The Kier molecular flexibility index (Phi) is 10.5. The summed E-state index contributed by atoms with van der Waals surface area (Å²) in [4.78, 5) is 2.37. The third-order valence-corrected chi connectivity index (χ3v) is 11.1. The summed E-state index contributed by atoms with van der Waals surface area (Å²) in [6.07, 6.45) is 6.88. The molecule has 10 rings (SSSR count). The van der Waals surface area contributed by atoms with Crippen molar-refractivity contribution in [3.8, 4) is 22.3 Å². The molecule has 0 unspecified atom stereocenters. The average Bonchev–Trinajstić information content (AvgIpc) is 3.25. The van der Waals surface area contributed by atoms with Crippen LogP contribution in [0.25, 0.3) is 54.9 Å². The number of allylic oxidation sites excluding steroid dienone is 4. The number of fused-ring (bicyclic) bond motifs is 5. The molecule has 2 aliphatic rings. The minimum absolute atomic E-state index is 1.14. The monoisotopic (exact) mass is 723 g/mol. The third-order valence-electron chi connectivity index (χ3n) is 11.1. The van der Waals surface area contributed by atoms with Crippen molar-refractivity contribution in [3.63, 3.8) is 0 Å². The molecule has 0 aromatic heterocycles. The summed E-state index contributed by atoms with van der Waals surface area (Å²) in [6, 6.07) is 61.5. The van der Waals surface area contributed by atoms with E-state index in [0.717, 1.165) is 12.8 Å². The first-order valence-corrected chi connectivity index (χ1v) is 20.1. The molecule has 0 atom stereocenters. The Morgan fingerprint density at radius 2 is 1.11 bits per heavy atom. The molecule has 274 valence electrons. The number of anilines is 3. The standard InChI is InChI=1S/C31H25N.C22H18.C2H6/c1-22-11-15-25(16-12-22)32(26-17-13-24(14-18-26)23-7-3-2-4-8-23)27-19-20-30-28-9-5-6-10-29(28)31(30)21-27;1-15-7-5-9-18-10-6-12-20(21(15)18)22-16(2)13-14-17-8-3-4-11-19(17)22;1-2/h2-5,7-9,11-21H,6,10H2,1H3;3-14H,1-2H3;1-2H3. The van der Waals surface area contributed by atoms with E-state index in [1.807, 2.05) is 13.8 Å². The van der Waals surface area contributed by atoms with Gasteiger partial charge in [-0.1, -0.05) is 165 Å². The fourth-order valence-corrected chi connectivity index (χ4v) is 8.34. The normalized spacial score (nSPS) is 12.4. The molecule has 0 amide bonds. The lowest BCUT2D eigenvalue weighted by atomic mass is 9.76. The fourth-order valence-electron chi connectivity index (χ4n) is 8.34. The molecule has 0 saturated heterocycles. The summed E-state index contributed by atoms with van der Waals surface area (Å²) in [5.41, 5.74) is 18.4. The van der Waals surface area contributed by atoms with Gasteiger partial charge in [-0.3, -0.25) is 0 Å². The van der Waals surface area contributed by atoms with Gasteiger partial charge >= 0.3 is 0 Å². The Hall–Kier alpha value is -6.44. The summed E-state index contributed by atoms with van der Waals surface area (Å²) in [7, 11) is 0.